The Morgan fingerprint density at radius 3 is 2.82 bits per heavy atom. The van der Waals surface area contributed by atoms with Gasteiger partial charge in [0.15, 0.2) is 5.82 Å². The summed E-state index contributed by atoms with van der Waals surface area (Å²) in [6.07, 6.45) is 4.97. The van der Waals surface area contributed by atoms with Crippen LogP contribution in [0.5, 0.6) is 0 Å². The summed E-state index contributed by atoms with van der Waals surface area (Å²) in [5.74, 6) is -2.54. The van der Waals surface area contributed by atoms with Gasteiger partial charge in [-0.2, -0.15) is 13.8 Å². The zero-order valence-electron chi connectivity index (χ0n) is 12.2. The first-order valence-corrected chi connectivity index (χ1v) is 7.81. The zero-order chi connectivity index (χ0) is 16.0. The second kappa shape index (κ2) is 7.62. The number of alkyl halides is 2. The molecule has 0 aliphatic heterocycles. The van der Waals surface area contributed by atoms with Gasteiger partial charge in [0.1, 0.15) is 5.82 Å². The summed E-state index contributed by atoms with van der Waals surface area (Å²) >= 11 is 3.38. The highest BCUT2D eigenvalue weighted by Gasteiger charge is 2.31. The van der Waals surface area contributed by atoms with Gasteiger partial charge >= 0.3 is 5.92 Å². The first-order valence-electron chi connectivity index (χ1n) is 7.01. The summed E-state index contributed by atoms with van der Waals surface area (Å²) in [4.78, 5) is 7.88. The SMILES string of the molecule is CC(F)(F)c1nc(CCCCCNc2cc(Br)ccn2)no1. The number of aromatic nitrogens is 3. The first kappa shape index (κ1) is 16.8. The van der Waals surface area contributed by atoms with Gasteiger partial charge in [-0.3, -0.25) is 0 Å². The molecule has 0 aromatic carbocycles. The summed E-state index contributed by atoms with van der Waals surface area (Å²) in [7, 11) is 0. The van der Waals surface area contributed by atoms with E-state index in [1.54, 1.807) is 6.20 Å². The van der Waals surface area contributed by atoms with Gasteiger partial charge in [0.25, 0.3) is 5.89 Å². The van der Waals surface area contributed by atoms with Gasteiger partial charge in [0, 0.05) is 30.6 Å². The summed E-state index contributed by atoms with van der Waals surface area (Å²) in [5, 5.41) is 6.78. The molecule has 1 N–H and O–H groups in total. The Labute approximate surface area is 135 Å². The van der Waals surface area contributed by atoms with Crippen molar-refractivity contribution in [2.24, 2.45) is 0 Å². The lowest BCUT2D eigenvalue weighted by molar-refractivity contribution is -0.0158. The van der Waals surface area contributed by atoms with Gasteiger partial charge in [-0.15, -0.1) is 0 Å². The van der Waals surface area contributed by atoms with E-state index in [1.807, 2.05) is 12.1 Å². The molecule has 5 nitrogen and oxygen atoms in total. The molecule has 0 fully saturated rings. The number of hydrogen-bond acceptors (Lipinski definition) is 5. The van der Waals surface area contributed by atoms with Crippen molar-refractivity contribution in [2.45, 2.75) is 38.5 Å². The van der Waals surface area contributed by atoms with Crippen LogP contribution in [0, 0.1) is 0 Å². The maximum Gasteiger partial charge on any atom is 0.322 e. The van der Waals surface area contributed by atoms with Crippen LogP contribution in [-0.4, -0.2) is 21.7 Å². The molecule has 8 heteroatoms. The Hall–Kier alpha value is -1.57. The molecule has 2 heterocycles. The van der Waals surface area contributed by atoms with E-state index in [1.165, 1.54) is 0 Å². The molecule has 0 unspecified atom stereocenters. The molecule has 2 aromatic heterocycles. The normalized spacial score (nSPS) is 11.6. The van der Waals surface area contributed by atoms with Crippen molar-refractivity contribution in [1.29, 1.82) is 0 Å². The molecular formula is C14H17BrF2N4O. The molecule has 0 atom stereocenters. The molecule has 0 bridgehead atoms. The summed E-state index contributed by atoms with van der Waals surface area (Å²) in [6, 6.07) is 3.77. The van der Waals surface area contributed by atoms with Gasteiger partial charge in [0.2, 0.25) is 0 Å². The minimum atomic E-state index is -3.08. The van der Waals surface area contributed by atoms with Crippen molar-refractivity contribution in [3.63, 3.8) is 0 Å². The number of unbranched alkanes of at least 4 members (excludes halogenated alkanes) is 2. The predicted octanol–water partition coefficient (Wildman–Crippen LogP) is 4.16. The number of hydrogen-bond donors (Lipinski definition) is 1. The summed E-state index contributed by atoms with van der Waals surface area (Å²) in [5.41, 5.74) is 0. The Morgan fingerprint density at radius 1 is 1.32 bits per heavy atom. The van der Waals surface area contributed by atoms with E-state index >= 15 is 0 Å². The number of anilines is 1. The molecule has 22 heavy (non-hydrogen) atoms. The average molecular weight is 375 g/mol. The third-order valence-electron chi connectivity index (χ3n) is 2.95. The number of aryl methyl sites for hydroxylation is 1. The van der Waals surface area contributed by atoms with Gasteiger partial charge < -0.3 is 9.84 Å². The highest BCUT2D eigenvalue weighted by atomic mass is 79.9. The molecule has 0 radical (unpaired) electrons. The van der Waals surface area contributed by atoms with Crippen molar-refractivity contribution >= 4 is 21.7 Å². The third kappa shape index (κ3) is 5.32. The fourth-order valence-corrected chi connectivity index (χ4v) is 2.17. The fourth-order valence-electron chi connectivity index (χ4n) is 1.84. The van der Waals surface area contributed by atoms with Crippen LogP contribution >= 0.6 is 15.9 Å². The van der Waals surface area contributed by atoms with Crippen molar-refractivity contribution < 1.29 is 13.3 Å². The molecule has 0 spiro atoms. The van der Waals surface area contributed by atoms with Crippen molar-refractivity contribution in [3.8, 4) is 0 Å². The Morgan fingerprint density at radius 2 is 2.14 bits per heavy atom. The number of halogens is 3. The van der Waals surface area contributed by atoms with Gasteiger partial charge in [-0.05, 0) is 25.0 Å². The molecule has 2 aromatic rings. The smallest absolute Gasteiger partial charge is 0.322 e. The van der Waals surface area contributed by atoms with Crippen LogP contribution < -0.4 is 5.32 Å². The van der Waals surface area contributed by atoms with Crippen LogP contribution in [0.2, 0.25) is 0 Å². The average Bonchev–Trinajstić information content (AvgIpc) is 2.91. The molecular weight excluding hydrogens is 358 g/mol. The molecule has 0 aliphatic rings. The van der Waals surface area contributed by atoms with Crippen LogP contribution in [0.3, 0.4) is 0 Å². The van der Waals surface area contributed by atoms with Gasteiger partial charge in [-0.25, -0.2) is 4.98 Å². The Bertz CT molecular complexity index is 601. The quantitative estimate of drug-likeness (QED) is 0.702. The standard InChI is InChI=1S/C14H17BrF2N4O/c1-14(16,17)13-20-11(21-22-13)5-3-2-4-7-18-12-9-10(15)6-8-19-12/h6,8-9H,2-5,7H2,1H3,(H,18,19). The number of rotatable bonds is 8. The van der Waals surface area contributed by atoms with E-state index in [2.05, 4.69) is 40.9 Å². The minimum Gasteiger partial charge on any atom is -0.370 e. The number of nitrogens with one attached hydrogen (secondary N) is 1. The lowest BCUT2D eigenvalue weighted by Gasteiger charge is -2.05. The van der Waals surface area contributed by atoms with E-state index in [4.69, 9.17) is 0 Å². The molecule has 0 saturated heterocycles. The van der Waals surface area contributed by atoms with Crippen LogP contribution in [0.15, 0.2) is 27.3 Å². The van der Waals surface area contributed by atoms with E-state index in [9.17, 15) is 8.78 Å². The minimum absolute atomic E-state index is 0.332. The lowest BCUT2D eigenvalue weighted by Crippen LogP contribution is -2.07. The molecule has 0 amide bonds. The highest BCUT2D eigenvalue weighted by Crippen LogP contribution is 2.25. The second-order valence-electron chi connectivity index (χ2n) is 5.00. The van der Waals surface area contributed by atoms with Crippen molar-refractivity contribution in [3.05, 3.63) is 34.5 Å². The number of pyridine rings is 1. The largest absolute Gasteiger partial charge is 0.370 e. The molecule has 0 saturated carbocycles. The zero-order valence-corrected chi connectivity index (χ0v) is 13.7. The van der Waals surface area contributed by atoms with Gasteiger partial charge in [0.05, 0.1) is 0 Å². The third-order valence-corrected chi connectivity index (χ3v) is 3.44. The van der Waals surface area contributed by atoms with Crippen LogP contribution in [0.25, 0.3) is 0 Å². The monoisotopic (exact) mass is 374 g/mol. The Kier molecular flexibility index (Phi) is 5.82. The summed E-state index contributed by atoms with van der Waals surface area (Å²) in [6.45, 7) is 1.54. The second-order valence-corrected chi connectivity index (χ2v) is 5.92. The van der Waals surface area contributed by atoms with E-state index < -0.39 is 11.8 Å². The maximum atomic E-state index is 12.9. The maximum absolute atomic E-state index is 12.9. The van der Waals surface area contributed by atoms with E-state index in [0.717, 1.165) is 43.0 Å². The van der Waals surface area contributed by atoms with Gasteiger partial charge in [-0.1, -0.05) is 27.5 Å². The fraction of sp³-hybridized carbons (Fsp3) is 0.500. The molecule has 2 rings (SSSR count). The lowest BCUT2D eigenvalue weighted by atomic mass is 10.2. The van der Waals surface area contributed by atoms with Crippen LogP contribution in [0.1, 0.15) is 37.9 Å². The Balaban J connectivity index is 1.62. The molecule has 0 aliphatic carbocycles. The summed E-state index contributed by atoms with van der Waals surface area (Å²) < 4.78 is 31.4. The van der Waals surface area contributed by atoms with E-state index in [0.29, 0.717) is 12.2 Å². The van der Waals surface area contributed by atoms with Crippen molar-refractivity contribution in [1.82, 2.24) is 15.1 Å². The predicted molar refractivity (Wildman–Crippen MR) is 81.8 cm³/mol. The van der Waals surface area contributed by atoms with Crippen LogP contribution in [-0.2, 0) is 12.3 Å². The molecule has 120 valence electrons. The highest BCUT2D eigenvalue weighted by molar-refractivity contribution is 9.10. The van der Waals surface area contributed by atoms with Crippen LogP contribution in [0.4, 0.5) is 14.6 Å². The van der Waals surface area contributed by atoms with Crippen molar-refractivity contribution in [2.75, 3.05) is 11.9 Å². The number of nitrogens with zero attached hydrogens (tertiary/aromatic N) is 3. The topological polar surface area (TPSA) is 63.8 Å². The van der Waals surface area contributed by atoms with E-state index in [-0.39, 0.29) is 0 Å². The first-order chi connectivity index (χ1) is 10.4.